The van der Waals surface area contributed by atoms with E-state index in [1.54, 1.807) is 6.07 Å². The molecule has 0 aliphatic heterocycles. The molecular weight excluding hydrogens is 391 g/mol. The first-order valence-corrected chi connectivity index (χ1v) is 8.72. The molecule has 2 heterocycles. The maximum atomic E-state index is 12.6. The molecule has 0 radical (unpaired) electrons. The minimum atomic E-state index is -2.92. The van der Waals surface area contributed by atoms with Gasteiger partial charge in [-0.25, -0.2) is 0 Å². The SMILES string of the molecule is COc1ccnc(C[S+]([O-])c2nc3cc(OC(F)F)ccc3[nH]2)c1OC.[H+].[NaH]. The summed E-state index contributed by atoms with van der Waals surface area (Å²) in [5.74, 6) is 0.896. The second-order valence-corrected chi connectivity index (χ2v) is 6.45. The molecule has 1 unspecified atom stereocenters. The van der Waals surface area contributed by atoms with E-state index in [1.165, 1.54) is 38.6 Å². The number of halogens is 2. The molecule has 7 nitrogen and oxygen atoms in total. The minimum absolute atomic E-state index is 0. The predicted molar refractivity (Wildman–Crippen MR) is 98.4 cm³/mol. The van der Waals surface area contributed by atoms with E-state index in [4.69, 9.17) is 9.47 Å². The van der Waals surface area contributed by atoms with Crippen molar-refractivity contribution in [1.82, 2.24) is 15.0 Å². The number of hydrogen-bond acceptors (Lipinski definition) is 6. The number of ether oxygens (including phenoxy) is 3. The fourth-order valence-corrected chi connectivity index (χ4v) is 3.41. The van der Waals surface area contributed by atoms with Crippen molar-refractivity contribution in [3.05, 3.63) is 36.2 Å². The predicted octanol–water partition coefficient (Wildman–Crippen LogP) is 2.35. The van der Waals surface area contributed by atoms with Crippen LogP contribution in [0, 0.1) is 0 Å². The number of hydrogen-bond donors (Lipinski definition) is 1. The summed E-state index contributed by atoms with van der Waals surface area (Å²) in [7, 11) is 2.97. The topological polar surface area (TPSA) is 92.3 Å². The van der Waals surface area contributed by atoms with Crippen LogP contribution in [0.4, 0.5) is 8.78 Å². The van der Waals surface area contributed by atoms with E-state index in [2.05, 4.69) is 19.7 Å². The molecule has 0 aliphatic rings. The normalized spacial score (nSPS) is 11.9. The Bertz CT molecular complexity index is 919. The van der Waals surface area contributed by atoms with E-state index in [-0.39, 0.29) is 47.6 Å². The quantitative estimate of drug-likeness (QED) is 0.477. The van der Waals surface area contributed by atoms with Gasteiger partial charge in [0.05, 0.1) is 25.3 Å². The Labute approximate surface area is 180 Å². The Balaban J connectivity index is 0.00000196. The third-order valence-electron chi connectivity index (χ3n) is 3.51. The molecule has 0 saturated heterocycles. The van der Waals surface area contributed by atoms with Crippen LogP contribution >= 0.6 is 0 Å². The summed E-state index contributed by atoms with van der Waals surface area (Å²) < 4.78 is 52.1. The van der Waals surface area contributed by atoms with E-state index in [0.29, 0.717) is 28.2 Å². The molecule has 1 aromatic carbocycles. The number of fused-ring (bicyclic) bond motifs is 1. The number of rotatable bonds is 7. The molecule has 3 rings (SSSR count). The van der Waals surface area contributed by atoms with E-state index < -0.39 is 17.8 Å². The Kier molecular flexibility index (Phi) is 7.68. The molecule has 11 heteroatoms. The number of H-pyrrole nitrogens is 1. The van der Waals surface area contributed by atoms with Gasteiger partial charge in [0.2, 0.25) is 0 Å². The molecule has 3 aromatic rings. The fourth-order valence-electron chi connectivity index (χ4n) is 2.39. The molecule has 0 fully saturated rings. The van der Waals surface area contributed by atoms with Crippen molar-refractivity contribution in [2.45, 2.75) is 17.5 Å². The summed E-state index contributed by atoms with van der Waals surface area (Å²) in [5.41, 5.74) is 1.38. The fraction of sp³-hybridized carbons (Fsp3) is 0.250. The van der Waals surface area contributed by atoms with Crippen LogP contribution in [0.3, 0.4) is 0 Å². The van der Waals surface area contributed by atoms with Crippen molar-refractivity contribution in [3.63, 3.8) is 0 Å². The monoisotopic (exact) mass is 408 g/mol. The van der Waals surface area contributed by atoms with Crippen LogP contribution < -0.4 is 14.2 Å². The number of nitrogens with one attached hydrogen (secondary N) is 1. The van der Waals surface area contributed by atoms with Gasteiger partial charge in [0.1, 0.15) is 11.4 Å². The number of alkyl halides is 2. The van der Waals surface area contributed by atoms with Gasteiger partial charge in [-0.2, -0.15) is 13.8 Å². The third-order valence-corrected chi connectivity index (χ3v) is 4.67. The summed E-state index contributed by atoms with van der Waals surface area (Å²) in [6.45, 7) is -2.92. The van der Waals surface area contributed by atoms with Crippen LogP contribution in [0.5, 0.6) is 17.2 Å². The summed E-state index contributed by atoms with van der Waals surface area (Å²) >= 11 is -1.56. The van der Waals surface area contributed by atoms with Crippen LogP contribution in [0.1, 0.15) is 7.12 Å². The van der Waals surface area contributed by atoms with E-state index in [9.17, 15) is 13.3 Å². The van der Waals surface area contributed by atoms with Gasteiger partial charge < -0.3 is 18.8 Å². The average molecular weight is 408 g/mol. The summed E-state index contributed by atoms with van der Waals surface area (Å²) in [4.78, 5) is 11.3. The van der Waals surface area contributed by atoms with Gasteiger partial charge >= 0.3 is 42.8 Å². The van der Waals surface area contributed by atoms with Crippen LogP contribution in [0.2, 0.25) is 0 Å². The molecule has 27 heavy (non-hydrogen) atoms. The Morgan fingerprint density at radius 1 is 1.26 bits per heavy atom. The zero-order valence-corrected chi connectivity index (χ0v) is 14.7. The zero-order valence-electron chi connectivity index (χ0n) is 14.9. The number of methoxy groups -OCH3 is 2. The van der Waals surface area contributed by atoms with Gasteiger partial charge in [-0.15, -0.1) is 0 Å². The number of benzene rings is 1. The first-order chi connectivity index (χ1) is 12.5. The Morgan fingerprint density at radius 2 is 2.04 bits per heavy atom. The number of pyridine rings is 1. The second kappa shape index (κ2) is 9.56. The molecule has 140 valence electrons. The van der Waals surface area contributed by atoms with Crippen LogP contribution in [0.25, 0.3) is 11.0 Å². The maximum absolute atomic E-state index is 12.6. The molecule has 1 N–H and O–H groups in total. The first-order valence-electron chi connectivity index (χ1n) is 7.40. The number of nitrogens with zero attached hydrogens (tertiary/aromatic N) is 2. The van der Waals surface area contributed by atoms with Crippen molar-refractivity contribution < 1.29 is 29.0 Å². The van der Waals surface area contributed by atoms with Gasteiger partial charge in [-0.3, -0.25) is 9.97 Å². The summed E-state index contributed by atoms with van der Waals surface area (Å²) in [6, 6.07) is 5.90. The summed E-state index contributed by atoms with van der Waals surface area (Å²) in [5, 5.41) is 0.195. The summed E-state index contributed by atoms with van der Waals surface area (Å²) in [6.07, 6.45) is 1.53. The number of aromatic nitrogens is 3. The zero-order chi connectivity index (χ0) is 18.7. The van der Waals surface area contributed by atoms with Crippen LogP contribution in [-0.2, 0) is 16.9 Å². The number of imidazole rings is 1. The van der Waals surface area contributed by atoms with Gasteiger partial charge in [0.15, 0.2) is 17.3 Å². The van der Waals surface area contributed by atoms with E-state index in [0.717, 1.165) is 0 Å². The van der Waals surface area contributed by atoms with Gasteiger partial charge in [-0.05, 0) is 12.1 Å². The number of aromatic amines is 1. The second-order valence-electron chi connectivity index (χ2n) is 5.08. The molecule has 0 bridgehead atoms. The molecule has 2 aromatic heterocycles. The van der Waals surface area contributed by atoms with Gasteiger partial charge in [0, 0.05) is 29.5 Å². The van der Waals surface area contributed by atoms with Crippen molar-refractivity contribution in [3.8, 4) is 17.2 Å². The van der Waals surface area contributed by atoms with E-state index >= 15 is 0 Å². The van der Waals surface area contributed by atoms with Crippen molar-refractivity contribution >= 4 is 51.8 Å². The molecule has 1 atom stereocenters. The third kappa shape index (κ3) is 5.02. The molecule has 0 saturated carbocycles. The molecule has 0 aliphatic carbocycles. The van der Waals surface area contributed by atoms with Crippen LogP contribution in [-0.4, -0.2) is 69.9 Å². The standard InChI is InChI=1S/C16H15F2N3O4S.Na.H/c1-23-13-5-6-19-12(14(13)24-2)8-26(22)16-20-10-4-3-9(25-15(17)18)7-11(10)21-16;;/h3-7,15H,8H2,1-2H3,(H,20,21);;/p+1. The van der Waals surface area contributed by atoms with Gasteiger partial charge in [-0.1, -0.05) is 0 Å². The Hall–Kier alpha value is -1.59. The van der Waals surface area contributed by atoms with Crippen molar-refractivity contribution in [2.75, 3.05) is 14.2 Å². The van der Waals surface area contributed by atoms with Gasteiger partial charge in [0.25, 0.3) is 0 Å². The average Bonchev–Trinajstić information content (AvgIpc) is 3.04. The van der Waals surface area contributed by atoms with Crippen molar-refractivity contribution in [2.24, 2.45) is 0 Å². The molecular formula is C16H17F2N3NaO4S+. The van der Waals surface area contributed by atoms with E-state index in [1.807, 2.05) is 0 Å². The molecule has 0 spiro atoms. The van der Waals surface area contributed by atoms with Crippen LogP contribution in [0.15, 0.2) is 35.6 Å². The first kappa shape index (κ1) is 21.7. The molecule has 0 amide bonds. The van der Waals surface area contributed by atoms with Crippen molar-refractivity contribution in [1.29, 1.82) is 0 Å². The Morgan fingerprint density at radius 3 is 2.70 bits per heavy atom.